The third-order valence-corrected chi connectivity index (χ3v) is 3.44. The number of hydrogen-bond donors (Lipinski definition) is 2. The number of carbonyl (C=O) groups excluding carboxylic acids is 1. The van der Waals surface area contributed by atoms with Crippen molar-refractivity contribution in [1.29, 1.82) is 0 Å². The molecule has 1 aliphatic heterocycles. The predicted molar refractivity (Wildman–Crippen MR) is 69.6 cm³/mol. The highest BCUT2D eigenvalue weighted by atomic mass is 16.5. The van der Waals surface area contributed by atoms with Crippen molar-refractivity contribution in [3.63, 3.8) is 0 Å². The van der Waals surface area contributed by atoms with Crippen molar-refractivity contribution in [3.8, 4) is 0 Å². The zero-order chi connectivity index (χ0) is 14.6. The first-order valence-electron chi connectivity index (χ1n) is 6.34. The van der Waals surface area contributed by atoms with Gasteiger partial charge in [-0.3, -0.25) is 9.59 Å². The number of carboxylic acids is 1. The largest absolute Gasteiger partial charge is 0.480 e. The summed E-state index contributed by atoms with van der Waals surface area (Å²) in [7, 11) is 1.59. The average Bonchev–Trinajstić information content (AvgIpc) is 3.05. The van der Waals surface area contributed by atoms with E-state index in [1.807, 2.05) is 0 Å². The highest BCUT2D eigenvalue weighted by Gasteiger charge is 2.35. The Bertz CT molecular complexity index is 491. The van der Waals surface area contributed by atoms with Crippen LogP contribution < -0.4 is 5.32 Å². The molecule has 0 aliphatic carbocycles. The molecule has 0 spiro atoms. The molecule has 1 atom stereocenters. The highest BCUT2D eigenvalue weighted by molar-refractivity contribution is 5.93. The van der Waals surface area contributed by atoms with Crippen LogP contribution in [0.2, 0.25) is 0 Å². The Morgan fingerprint density at radius 1 is 1.60 bits per heavy atom. The second-order valence-electron chi connectivity index (χ2n) is 4.79. The molecule has 1 amide bonds. The SMILES string of the molecule is COC1(CNC(=O)c2cccn2CC(=O)O)CCOC1. The number of carbonyl (C=O) groups is 2. The van der Waals surface area contributed by atoms with Crippen molar-refractivity contribution < 1.29 is 24.2 Å². The first kappa shape index (κ1) is 14.5. The van der Waals surface area contributed by atoms with Crippen LogP contribution in [-0.2, 0) is 20.8 Å². The smallest absolute Gasteiger partial charge is 0.323 e. The van der Waals surface area contributed by atoms with E-state index in [0.29, 0.717) is 25.5 Å². The minimum Gasteiger partial charge on any atom is -0.480 e. The summed E-state index contributed by atoms with van der Waals surface area (Å²) in [4.78, 5) is 22.8. The molecule has 0 bridgehead atoms. The lowest BCUT2D eigenvalue weighted by Crippen LogP contribution is -2.45. The van der Waals surface area contributed by atoms with E-state index in [2.05, 4.69) is 5.32 Å². The molecule has 0 radical (unpaired) electrons. The quantitative estimate of drug-likeness (QED) is 0.773. The third-order valence-electron chi connectivity index (χ3n) is 3.44. The van der Waals surface area contributed by atoms with Crippen LogP contribution in [0.5, 0.6) is 0 Å². The van der Waals surface area contributed by atoms with Crippen molar-refractivity contribution in [2.75, 3.05) is 26.9 Å². The lowest BCUT2D eigenvalue weighted by atomic mass is 10.0. The summed E-state index contributed by atoms with van der Waals surface area (Å²) in [5.41, 5.74) is -0.169. The lowest BCUT2D eigenvalue weighted by molar-refractivity contribution is -0.137. The van der Waals surface area contributed by atoms with Gasteiger partial charge in [-0.2, -0.15) is 0 Å². The molecule has 2 rings (SSSR count). The Hall–Kier alpha value is -1.86. The van der Waals surface area contributed by atoms with Gasteiger partial charge >= 0.3 is 5.97 Å². The molecule has 1 aromatic heterocycles. The van der Waals surface area contributed by atoms with Gasteiger partial charge in [-0.05, 0) is 12.1 Å². The van der Waals surface area contributed by atoms with Crippen LogP contribution in [0.25, 0.3) is 0 Å². The second-order valence-corrected chi connectivity index (χ2v) is 4.79. The Balaban J connectivity index is 1.98. The molecule has 20 heavy (non-hydrogen) atoms. The molecule has 1 aromatic rings. The molecule has 0 saturated carbocycles. The van der Waals surface area contributed by atoms with Gasteiger partial charge in [0.05, 0.1) is 6.61 Å². The number of amides is 1. The Labute approximate surface area is 116 Å². The normalized spacial score (nSPS) is 21.9. The van der Waals surface area contributed by atoms with Gasteiger partial charge in [0.25, 0.3) is 5.91 Å². The highest BCUT2D eigenvalue weighted by Crippen LogP contribution is 2.21. The van der Waals surface area contributed by atoms with Crippen molar-refractivity contribution in [2.45, 2.75) is 18.6 Å². The molecular weight excluding hydrogens is 264 g/mol. The maximum absolute atomic E-state index is 12.1. The van der Waals surface area contributed by atoms with E-state index in [4.69, 9.17) is 14.6 Å². The number of aromatic nitrogens is 1. The molecule has 1 saturated heterocycles. The van der Waals surface area contributed by atoms with Gasteiger partial charge in [-0.25, -0.2) is 0 Å². The van der Waals surface area contributed by atoms with Crippen LogP contribution in [0, 0.1) is 0 Å². The average molecular weight is 282 g/mol. The van der Waals surface area contributed by atoms with E-state index >= 15 is 0 Å². The van der Waals surface area contributed by atoms with Gasteiger partial charge in [0.15, 0.2) is 0 Å². The Morgan fingerprint density at radius 3 is 3.00 bits per heavy atom. The van der Waals surface area contributed by atoms with E-state index in [0.717, 1.165) is 6.42 Å². The van der Waals surface area contributed by atoms with E-state index in [-0.39, 0.29) is 12.5 Å². The van der Waals surface area contributed by atoms with E-state index in [1.54, 1.807) is 25.4 Å². The number of nitrogens with zero attached hydrogens (tertiary/aromatic N) is 1. The van der Waals surface area contributed by atoms with Gasteiger partial charge < -0.3 is 24.5 Å². The fourth-order valence-electron chi connectivity index (χ4n) is 2.20. The minimum absolute atomic E-state index is 0.242. The summed E-state index contributed by atoms with van der Waals surface area (Å²) >= 11 is 0. The summed E-state index contributed by atoms with van der Waals surface area (Å²) in [5.74, 6) is -1.31. The molecule has 2 N–H and O–H groups in total. The van der Waals surface area contributed by atoms with Gasteiger partial charge in [-0.15, -0.1) is 0 Å². The lowest BCUT2D eigenvalue weighted by Gasteiger charge is -2.25. The summed E-state index contributed by atoms with van der Waals surface area (Å²) < 4.78 is 12.1. The molecule has 1 fully saturated rings. The number of ether oxygens (including phenoxy) is 2. The van der Waals surface area contributed by atoms with E-state index in [9.17, 15) is 9.59 Å². The maximum Gasteiger partial charge on any atom is 0.323 e. The van der Waals surface area contributed by atoms with Crippen molar-refractivity contribution in [3.05, 3.63) is 24.0 Å². The fraction of sp³-hybridized carbons (Fsp3) is 0.538. The molecule has 7 nitrogen and oxygen atoms in total. The topological polar surface area (TPSA) is 89.8 Å². The van der Waals surface area contributed by atoms with Crippen molar-refractivity contribution in [1.82, 2.24) is 9.88 Å². The second kappa shape index (κ2) is 6.06. The number of methoxy groups -OCH3 is 1. The zero-order valence-electron chi connectivity index (χ0n) is 11.3. The number of carboxylic acid groups (broad SMARTS) is 1. The van der Waals surface area contributed by atoms with Crippen molar-refractivity contribution in [2.24, 2.45) is 0 Å². The molecule has 2 heterocycles. The van der Waals surface area contributed by atoms with Crippen LogP contribution in [-0.4, -0.2) is 54.0 Å². The molecule has 7 heteroatoms. The van der Waals surface area contributed by atoms with Crippen LogP contribution in [0.3, 0.4) is 0 Å². The van der Waals surface area contributed by atoms with Gasteiger partial charge in [0.1, 0.15) is 17.8 Å². The van der Waals surface area contributed by atoms with Crippen LogP contribution in [0.1, 0.15) is 16.9 Å². The Kier molecular flexibility index (Phi) is 4.41. The third kappa shape index (κ3) is 3.17. The molecule has 1 aliphatic rings. The Morgan fingerprint density at radius 2 is 2.40 bits per heavy atom. The van der Waals surface area contributed by atoms with E-state index < -0.39 is 11.6 Å². The number of nitrogens with one attached hydrogen (secondary N) is 1. The summed E-state index contributed by atoms with van der Waals surface area (Å²) in [6, 6.07) is 3.23. The monoisotopic (exact) mass is 282 g/mol. The van der Waals surface area contributed by atoms with Crippen LogP contribution in [0.4, 0.5) is 0 Å². The summed E-state index contributed by atoms with van der Waals surface area (Å²) in [6.45, 7) is 1.15. The first-order valence-corrected chi connectivity index (χ1v) is 6.34. The summed E-state index contributed by atoms with van der Waals surface area (Å²) in [5, 5.41) is 11.6. The van der Waals surface area contributed by atoms with Crippen LogP contribution in [0.15, 0.2) is 18.3 Å². The van der Waals surface area contributed by atoms with Gasteiger partial charge in [-0.1, -0.05) is 0 Å². The predicted octanol–water partition coefficient (Wildman–Crippen LogP) is 0.108. The number of rotatable bonds is 6. The molecule has 1 unspecified atom stereocenters. The fourth-order valence-corrected chi connectivity index (χ4v) is 2.20. The molecule has 110 valence electrons. The number of aliphatic carboxylic acids is 1. The van der Waals surface area contributed by atoms with Gasteiger partial charge in [0.2, 0.25) is 0 Å². The molecular formula is C13H18N2O5. The maximum atomic E-state index is 12.1. The number of hydrogen-bond acceptors (Lipinski definition) is 4. The minimum atomic E-state index is -0.993. The summed E-state index contributed by atoms with van der Waals surface area (Å²) in [6.07, 6.45) is 2.29. The zero-order valence-corrected chi connectivity index (χ0v) is 11.3. The van der Waals surface area contributed by atoms with Crippen LogP contribution >= 0.6 is 0 Å². The van der Waals surface area contributed by atoms with Gasteiger partial charge in [0, 0.05) is 32.9 Å². The standard InChI is InChI=1S/C13H18N2O5/c1-19-13(4-6-20-9-13)8-14-12(18)10-3-2-5-15(10)7-11(16)17/h2-3,5H,4,6-9H2,1H3,(H,14,18)(H,16,17). The molecule has 0 aromatic carbocycles. The van der Waals surface area contributed by atoms with E-state index in [1.165, 1.54) is 4.57 Å². The first-order chi connectivity index (χ1) is 9.56. The van der Waals surface area contributed by atoms with Crippen molar-refractivity contribution >= 4 is 11.9 Å².